The van der Waals surface area contributed by atoms with E-state index in [0.717, 1.165) is 5.69 Å². The highest BCUT2D eigenvalue weighted by Crippen LogP contribution is 2.20. The second kappa shape index (κ2) is 6.45. The average Bonchev–Trinajstić information content (AvgIpc) is 2.84. The molecule has 2 N–H and O–H groups in total. The number of aromatic nitrogens is 1. The lowest BCUT2D eigenvalue weighted by molar-refractivity contribution is 0.0785. The number of nitrogens with two attached hydrogens (primary N) is 1. The molecule has 1 aromatic heterocycles. The van der Waals surface area contributed by atoms with Crippen molar-refractivity contribution in [2.24, 2.45) is 11.1 Å². The van der Waals surface area contributed by atoms with Crippen molar-refractivity contribution >= 4 is 15.9 Å². The van der Waals surface area contributed by atoms with Crippen LogP contribution in [0.1, 0.15) is 35.0 Å². The molecular weight excluding hydrogens is 318 g/mol. The van der Waals surface area contributed by atoms with E-state index in [9.17, 15) is 18.0 Å². The molecule has 0 radical (unpaired) electrons. The molecule has 1 aromatic rings. The number of amides is 1. The molecule has 2 heterocycles. The first-order valence-corrected chi connectivity index (χ1v) is 9.36. The quantitative estimate of drug-likeness (QED) is 0.847. The van der Waals surface area contributed by atoms with Crippen molar-refractivity contribution in [3.8, 4) is 0 Å². The number of nitrogens with zero attached hydrogens (tertiary/aromatic N) is 2. The molecule has 1 amide bonds. The van der Waals surface area contributed by atoms with Gasteiger partial charge in [0.25, 0.3) is 11.5 Å². The standard InChI is InChI=1S/C15H23N3O4S/c1-4-18-11(3)7-10(2)13(15(18)20)14(19)17-6-5-12(8-17)9-23(16,21)22/h7,12H,4-6,8-9H2,1-3H3,(H2,16,21,22). The van der Waals surface area contributed by atoms with Crippen molar-refractivity contribution in [2.45, 2.75) is 33.7 Å². The first-order chi connectivity index (χ1) is 10.6. The summed E-state index contributed by atoms with van der Waals surface area (Å²) in [7, 11) is -3.56. The lowest BCUT2D eigenvalue weighted by Gasteiger charge is -2.19. The van der Waals surface area contributed by atoms with E-state index in [1.807, 2.05) is 19.9 Å². The molecule has 23 heavy (non-hydrogen) atoms. The van der Waals surface area contributed by atoms with Crippen molar-refractivity contribution in [3.63, 3.8) is 0 Å². The van der Waals surface area contributed by atoms with E-state index in [0.29, 0.717) is 31.6 Å². The van der Waals surface area contributed by atoms with Crippen LogP contribution in [0, 0.1) is 19.8 Å². The molecular formula is C15H23N3O4S. The van der Waals surface area contributed by atoms with Crippen LogP contribution in [0.25, 0.3) is 0 Å². The minimum absolute atomic E-state index is 0.136. The SMILES string of the molecule is CCn1c(C)cc(C)c(C(=O)N2CCC(CS(N)(=O)=O)C2)c1=O. The van der Waals surface area contributed by atoms with Crippen LogP contribution in [0.2, 0.25) is 0 Å². The Balaban J connectivity index is 2.27. The zero-order valence-electron chi connectivity index (χ0n) is 13.7. The molecule has 1 saturated heterocycles. The normalized spacial score (nSPS) is 18.4. The van der Waals surface area contributed by atoms with Gasteiger partial charge in [0.1, 0.15) is 5.56 Å². The lowest BCUT2D eigenvalue weighted by Crippen LogP contribution is -2.37. The topological polar surface area (TPSA) is 102 Å². The maximum absolute atomic E-state index is 12.7. The maximum Gasteiger partial charge on any atom is 0.263 e. The number of carbonyl (C=O) groups excluding carboxylic acids is 1. The third-order valence-electron chi connectivity index (χ3n) is 4.28. The van der Waals surface area contributed by atoms with Crippen molar-refractivity contribution in [1.82, 2.24) is 9.47 Å². The zero-order valence-corrected chi connectivity index (χ0v) is 14.5. The fourth-order valence-corrected chi connectivity index (χ4v) is 4.15. The van der Waals surface area contributed by atoms with Gasteiger partial charge in [-0.3, -0.25) is 9.59 Å². The van der Waals surface area contributed by atoms with Crippen molar-refractivity contribution in [1.29, 1.82) is 0 Å². The minimum Gasteiger partial charge on any atom is -0.338 e. The Kier molecular flexibility index (Phi) is 4.95. The van der Waals surface area contributed by atoms with Gasteiger partial charge in [-0.2, -0.15) is 0 Å². The summed E-state index contributed by atoms with van der Waals surface area (Å²) in [5.74, 6) is -0.636. The first-order valence-electron chi connectivity index (χ1n) is 7.64. The van der Waals surface area contributed by atoms with Crippen LogP contribution in [-0.4, -0.2) is 42.6 Å². The van der Waals surface area contributed by atoms with Gasteiger partial charge < -0.3 is 9.47 Å². The summed E-state index contributed by atoms with van der Waals surface area (Å²) >= 11 is 0. The molecule has 0 bridgehead atoms. The number of hydrogen-bond donors (Lipinski definition) is 1. The third kappa shape index (κ3) is 3.81. The highest BCUT2D eigenvalue weighted by Gasteiger charge is 2.31. The molecule has 128 valence electrons. The van der Waals surface area contributed by atoms with Gasteiger partial charge in [-0.15, -0.1) is 0 Å². The van der Waals surface area contributed by atoms with Crippen LogP contribution in [0.15, 0.2) is 10.9 Å². The second-order valence-electron chi connectivity index (χ2n) is 6.13. The summed E-state index contributed by atoms with van der Waals surface area (Å²) < 4.78 is 23.9. The minimum atomic E-state index is -3.56. The first kappa shape index (κ1) is 17.7. The molecule has 7 nitrogen and oxygen atoms in total. The highest BCUT2D eigenvalue weighted by atomic mass is 32.2. The van der Waals surface area contributed by atoms with Crippen molar-refractivity contribution in [2.75, 3.05) is 18.8 Å². The van der Waals surface area contributed by atoms with Gasteiger partial charge in [0.15, 0.2) is 0 Å². The zero-order chi connectivity index (χ0) is 17.4. The van der Waals surface area contributed by atoms with E-state index in [2.05, 4.69) is 0 Å². The number of sulfonamides is 1. The largest absolute Gasteiger partial charge is 0.338 e. The van der Waals surface area contributed by atoms with Crippen molar-refractivity contribution < 1.29 is 13.2 Å². The molecule has 1 aliphatic heterocycles. The van der Waals surface area contributed by atoms with Crippen LogP contribution >= 0.6 is 0 Å². The lowest BCUT2D eigenvalue weighted by atomic mass is 10.1. The predicted molar refractivity (Wildman–Crippen MR) is 87.8 cm³/mol. The number of hydrogen-bond acceptors (Lipinski definition) is 4. The summed E-state index contributed by atoms with van der Waals surface area (Å²) in [6, 6.07) is 1.83. The Labute approximate surface area is 136 Å². The number of rotatable bonds is 4. The van der Waals surface area contributed by atoms with Crippen LogP contribution < -0.4 is 10.7 Å². The Morgan fingerprint density at radius 1 is 1.39 bits per heavy atom. The molecule has 0 saturated carbocycles. The number of carbonyl (C=O) groups is 1. The summed E-state index contributed by atoms with van der Waals surface area (Å²) in [5.41, 5.74) is 1.36. The molecule has 0 aliphatic carbocycles. The van der Waals surface area contributed by atoms with Crippen molar-refractivity contribution in [3.05, 3.63) is 33.2 Å². The molecule has 0 aromatic carbocycles. The molecule has 1 fully saturated rings. The number of primary sulfonamides is 1. The van der Waals surface area contributed by atoms with E-state index < -0.39 is 10.0 Å². The van der Waals surface area contributed by atoms with Crippen LogP contribution in [0.4, 0.5) is 0 Å². The Morgan fingerprint density at radius 2 is 2.04 bits per heavy atom. The summed E-state index contributed by atoms with van der Waals surface area (Å²) in [6.45, 7) is 6.70. The third-order valence-corrected chi connectivity index (χ3v) is 5.21. The Bertz CT molecular complexity index is 783. The predicted octanol–water partition coefficient (Wildman–Crippen LogP) is 0.236. The van der Waals surface area contributed by atoms with Gasteiger partial charge in [0.2, 0.25) is 10.0 Å². The Hall–Kier alpha value is -1.67. The fourth-order valence-electron chi connectivity index (χ4n) is 3.22. The van der Waals surface area contributed by atoms with E-state index in [4.69, 9.17) is 5.14 Å². The molecule has 1 unspecified atom stereocenters. The maximum atomic E-state index is 12.7. The molecule has 2 rings (SSSR count). The number of aryl methyl sites for hydroxylation is 2. The van der Waals surface area contributed by atoms with Gasteiger partial charge in [-0.25, -0.2) is 13.6 Å². The van der Waals surface area contributed by atoms with Gasteiger partial charge >= 0.3 is 0 Å². The van der Waals surface area contributed by atoms with Crippen LogP contribution in [0.5, 0.6) is 0 Å². The monoisotopic (exact) mass is 341 g/mol. The Morgan fingerprint density at radius 3 is 2.61 bits per heavy atom. The van der Waals surface area contributed by atoms with E-state index in [-0.39, 0.29) is 28.7 Å². The number of likely N-dealkylation sites (tertiary alicyclic amines) is 1. The smallest absolute Gasteiger partial charge is 0.263 e. The van der Waals surface area contributed by atoms with Gasteiger partial charge in [0, 0.05) is 25.3 Å². The molecule has 1 aliphatic rings. The molecule has 0 spiro atoms. The van der Waals surface area contributed by atoms with E-state index >= 15 is 0 Å². The van der Waals surface area contributed by atoms with E-state index in [1.54, 1.807) is 16.4 Å². The van der Waals surface area contributed by atoms with Gasteiger partial charge in [-0.1, -0.05) is 0 Å². The fraction of sp³-hybridized carbons (Fsp3) is 0.600. The van der Waals surface area contributed by atoms with Crippen LogP contribution in [0.3, 0.4) is 0 Å². The summed E-state index contributed by atoms with van der Waals surface area (Å²) in [6.07, 6.45) is 0.578. The second-order valence-corrected chi connectivity index (χ2v) is 7.79. The number of pyridine rings is 1. The summed E-state index contributed by atoms with van der Waals surface area (Å²) in [5, 5.41) is 5.07. The van der Waals surface area contributed by atoms with E-state index in [1.165, 1.54) is 0 Å². The van der Waals surface area contributed by atoms with Gasteiger partial charge in [-0.05, 0) is 44.7 Å². The van der Waals surface area contributed by atoms with Gasteiger partial charge in [0.05, 0.1) is 5.75 Å². The summed E-state index contributed by atoms with van der Waals surface area (Å²) in [4.78, 5) is 26.8. The average molecular weight is 341 g/mol. The molecule has 8 heteroatoms. The molecule has 1 atom stereocenters. The highest BCUT2D eigenvalue weighted by molar-refractivity contribution is 7.89. The van der Waals surface area contributed by atoms with Crippen LogP contribution in [-0.2, 0) is 16.6 Å².